The van der Waals surface area contributed by atoms with Crippen molar-refractivity contribution in [3.63, 3.8) is 0 Å². The van der Waals surface area contributed by atoms with E-state index in [1.807, 2.05) is 20.8 Å². The Labute approximate surface area is 108 Å². The number of nitrogens with zero attached hydrogens (tertiary/aromatic N) is 2. The number of rotatable bonds is 7. The molecule has 1 heterocycles. The summed E-state index contributed by atoms with van der Waals surface area (Å²) in [6, 6.07) is 0. The van der Waals surface area contributed by atoms with Crippen molar-refractivity contribution in [1.29, 1.82) is 0 Å². The van der Waals surface area contributed by atoms with Gasteiger partial charge < -0.3 is 15.8 Å². The number of aromatic nitrogens is 2. The number of aliphatic hydroxyl groups excluding tert-OH is 1. The van der Waals surface area contributed by atoms with Gasteiger partial charge in [-0.05, 0) is 12.3 Å². The zero-order valence-electron chi connectivity index (χ0n) is 11.3. The molecule has 0 saturated carbocycles. The predicted molar refractivity (Wildman–Crippen MR) is 73.3 cm³/mol. The van der Waals surface area contributed by atoms with Crippen LogP contribution in [0, 0.1) is 0 Å². The van der Waals surface area contributed by atoms with E-state index in [4.69, 9.17) is 5.84 Å². The van der Waals surface area contributed by atoms with Crippen molar-refractivity contribution >= 4 is 11.6 Å². The maximum absolute atomic E-state index is 9.72. The summed E-state index contributed by atoms with van der Waals surface area (Å²) in [7, 11) is 0. The first-order valence-corrected chi connectivity index (χ1v) is 6.33. The van der Waals surface area contributed by atoms with E-state index in [-0.39, 0.29) is 12.0 Å². The molecule has 0 spiro atoms. The standard InChI is InChI=1S/C12H23N5O/c1-4-5-9(18)6-14-11-10(8(2)3)12(17-13)16-7-15-11/h7-9,18H,4-6,13H2,1-3H3,(H2,14,15,16,17). The molecule has 0 bridgehead atoms. The van der Waals surface area contributed by atoms with E-state index in [0.717, 1.165) is 24.2 Å². The molecule has 5 N–H and O–H groups in total. The van der Waals surface area contributed by atoms with Gasteiger partial charge in [0.2, 0.25) is 0 Å². The lowest BCUT2D eigenvalue weighted by atomic mass is 10.0. The molecule has 1 unspecified atom stereocenters. The summed E-state index contributed by atoms with van der Waals surface area (Å²) in [4.78, 5) is 8.30. The first kappa shape index (κ1) is 14.7. The molecule has 0 amide bonds. The van der Waals surface area contributed by atoms with Gasteiger partial charge in [-0.2, -0.15) is 0 Å². The van der Waals surface area contributed by atoms with Crippen molar-refractivity contribution in [3.8, 4) is 0 Å². The van der Waals surface area contributed by atoms with Gasteiger partial charge >= 0.3 is 0 Å². The first-order chi connectivity index (χ1) is 8.60. The maximum atomic E-state index is 9.72. The average Bonchev–Trinajstić information content (AvgIpc) is 2.35. The minimum atomic E-state index is -0.362. The highest BCUT2D eigenvalue weighted by Crippen LogP contribution is 2.27. The predicted octanol–water partition coefficient (Wildman–Crippen LogP) is 1.46. The van der Waals surface area contributed by atoms with Crippen LogP contribution in [-0.4, -0.2) is 27.7 Å². The molecule has 0 aliphatic rings. The van der Waals surface area contributed by atoms with E-state index in [0.29, 0.717) is 12.4 Å². The molecule has 102 valence electrons. The monoisotopic (exact) mass is 253 g/mol. The normalized spacial score (nSPS) is 12.6. The fourth-order valence-corrected chi connectivity index (χ4v) is 1.85. The lowest BCUT2D eigenvalue weighted by molar-refractivity contribution is 0.176. The van der Waals surface area contributed by atoms with Crippen LogP contribution < -0.4 is 16.6 Å². The Bertz CT molecular complexity index is 369. The quantitative estimate of drug-likeness (QED) is 0.434. The Morgan fingerprint density at radius 1 is 1.33 bits per heavy atom. The van der Waals surface area contributed by atoms with E-state index >= 15 is 0 Å². The molecule has 6 nitrogen and oxygen atoms in total. The maximum Gasteiger partial charge on any atom is 0.148 e. The topological polar surface area (TPSA) is 96.1 Å². The molecule has 0 radical (unpaired) electrons. The van der Waals surface area contributed by atoms with Gasteiger partial charge in [-0.3, -0.25) is 0 Å². The molecule has 6 heteroatoms. The summed E-state index contributed by atoms with van der Waals surface area (Å²) >= 11 is 0. The van der Waals surface area contributed by atoms with Crippen molar-refractivity contribution in [1.82, 2.24) is 9.97 Å². The van der Waals surface area contributed by atoms with Gasteiger partial charge in [0.15, 0.2) is 0 Å². The van der Waals surface area contributed by atoms with E-state index in [1.165, 1.54) is 6.33 Å². The lowest BCUT2D eigenvalue weighted by Crippen LogP contribution is -2.21. The molecule has 1 aromatic rings. The highest BCUT2D eigenvalue weighted by molar-refractivity contribution is 5.58. The molecule has 1 aromatic heterocycles. The van der Waals surface area contributed by atoms with Gasteiger partial charge in [0.1, 0.15) is 18.0 Å². The second-order valence-electron chi connectivity index (χ2n) is 4.61. The molecule has 0 saturated heterocycles. The summed E-state index contributed by atoms with van der Waals surface area (Å²) < 4.78 is 0. The van der Waals surface area contributed by atoms with Crippen LogP contribution >= 0.6 is 0 Å². The molecule has 1 rings (SSSR count). The zero-order chi connectivity index (χ0) is 13.5. The fourth-order valence-electron chi connectivity index (χ4n) is 1.85. The Balaban J connectivity index is 2.81. The van der Waals surface area contributed by atoms with Crippen molar-refractivity contribution in [2.45, 2.75) is 45.6 Å². The van der Waals surface area contributed by atoms with Crippen LogP contribution in [0.15, 0.2) is 6.33 Å². The van der Waals surface area contributed by atoms with Gasteiger partial charge in [-0.1, -0.05) is 27.2 Å². The van der Waals surface area contributed by atoms with E-state index in [1.54, 1.807) is 0 Å². The van der Waals surface area contributed by atoms with Crippen LogP contribution in [0.25, 0.3) is 0 Å². The molecule has 18 heavy (non-hydrogen) atoms. The van der Waals surface area contributed by atoms with Gasteiger partial charge in [-0.25, -0.2) is 15.8 Å². The number of anilines is 2. The molecule has 0 aliphatic carbocycles. The van der Waals surface area contributed by atoms with Crippen molar-refractivity contribution in [2.24, 2.45) is 5.84 Å². The molecule has 0 fully saturated rings. The molecular formula is C12H23N5O. The Morgan fingerprint density at radius 2 is 2.00 bits per heavy atom. The summed E-state index contributed by atoms with van der Waals surface area (Å²) in [6.07, 6.45) is 2.82. The van der Waals surface area contributed by atoms with Crippen molar-refractivity contribution in [2.75, 3.05) is 17.3 Å². The second-order valence-corrected chi connectivity index (χ2v) is 4.61. The average molecular weight is 253 g/mol. The minimum Gasteiger partial charge on any atom is -0.391 e. The number of nitrogens with one attached hydrogen (secondary N) is 2. The SMILES string of the molecule is CCCC(O)CNc1ncnc(NN)c1C(C)C. The molecule has 0 aliphatic heterocycles. The highest BCUT2D eigenvalue weighted by Gasteiger charge is 2.14. The number of hydrogen-bond acceptors (Lipinski definition) is 6. The third-order valence-electron chi connectivity index (χ3n) is 2.73. The third-order valence-corrected chi connectivity index (χ3v) is 2.73. The number of hydrazine groups is 1. The van der Waals surface area contributed by atoms with Crippen LogP contribution in [-0.2, 0) is 0 Å². The highest BCUT2D eigenvalue weighted by atomic mass is 16.3. The van der Waals surface area contributed by atoms with Crippen LogP contribution in [0.5, 0.6) is 0 Å². The molecule has 1 atom stereocenters. The van der Waals surface area contributed by atoms with E-state index in [2.05, 4.69) is 20.7 Å². The molecule has 0 aromatic carbocycles. The summed E-state index contributed by atoms with van der Waals surface area (Å²) in [6.45, 7) is 6.62. The number of nitrogens with two attached hydrogens (primary N) is 1. The smallest absolute Gasteiger partial charge is 0.148 e. The number of aliphatic hydroxyl groups is 1. The van der Waals surface area contributed by atoms with Crippen LogP contribution in [0.1, 0.15) is 45.1 Å². The van der Waals surface area contributed by atoms with Crippen molar-refractivity contribution < 1.29 is 5.11 Å². The summed E-state index contributed by atoms with van der Waals surface area (Å²) in [5, 5.41) is 12.9. The first-order valence-electron chi connectivity index (χ1n) is 6.33. The second kappa shape index (κ2) is 7.13. The zero-order valence-corrected chi connectivity index (χ0v) is 11.3. The summed E-state index contributed by atoms with van der Waals surface area (Å²) in [5.41, 5.74) is 3.51. The number of nitrogen functional groups attached to an aromatic ring is 1. The van der Waals surface area contributed by atoms with E-state index in [9.17, 15) is 5.11 Å². The van der Waals surface area contributed by atoms with Crippen LogP contribution in [0.3, 0.4) is 0 Å². The molecular weight excluding hydrogens is 230 g/mol. The van der Waals surface area contributed by atoms with Crippen LogP contribution in [0.2, 0.25) is 0 Å². The third kappa shape index (κ3) is 3.82. The van der Waals surface area contributed by atoms with Gasteiger partial charge in [-0.15, -0.1) is 0 Å². The van der Waals surface area contributed by atoms with Crippen LogP contribution in [0.4, 0.5) is 11.6 Å². The Morgan fingerprint density at radius 3 is 2.56 bits per heavy atom. The van der Waals surface area contributed by atoms with E-state index < -0.39 is 0 Å². The lowest BCUT2D eigenvalue weighted by Gasteiger charge is -2.18. The van der Waals surface area contributed by atoms with Gasteiger partial charge in [0.25, 0.3) is 0 Å². The Hall–Kier alpha value is -1.40. The fraction of sp³-hybridized carbons (Fsp3) is 0.667. The minimum absolute atomic E-state index is 0.239. The van der Waals surface area contributed by atoms with Gasteiger partial charge in [0.05, 0.1) is 6.10 Å². The van der Waals surface area contributed by atoms with Gasteiger partial charge in [0, 0.05) is 12.1 Å². The number of hydrogen-bond donors (Lipinski definition) is 4. The van der Waals surface area contributed by atoms with Crippen molar-refractivity contribution in [3.05, 3.63) is 11.9 Å². The summed E-state index contributed by atoms with van der Waals surface area (Å²) in [5.74, 6) is 7.03. The largest absolute Gasteiger partial charge is 0.391 e. The Kier molecular flexibility index (Phi) is 5.80.